The van der Waals surface area contributed by atoms with Gasteiger partial charge in [-0.15, -0.1) is 0 Å². The summed E-state index contributed by atoms with van der Waals surface area (Å²) in [6.45, 7) is 2.05. The highest BCUT2D eigenvalue weighted by Gasteiger charge is 2.16. The third-order valence-electron chi connectivity index (χ3n) is 4.21. The van der Waals surface area contributed by atoms with Crippen molar-refractivity contribution in [3.05, 3.63) is 53.7 Å². The second kappa shape index (κ2) is 11.4. The zero-order valence-electron chi connectivity index (χ0n) is 16.3. The van der Waals surface area contributed by atoms with E-state index in [1.807, 2.05) is 30.3 Å². The Hall–Kier alpha value is -2.48. The van der Waals surface area contributed by atoms with E-state index in [4.69, 9.17) is 9.47 Å². The minimum absolute atomic E-state index is 0.210. The van der Waals surface area contributed by atoms with Gasteiger partial charge in [-0.05, 0) is 30.0 Å². The molecule has 7 heteroatoms. The second-order valence-corrected chi connectivity index (χ2v) is 6.63. The molecule has 1 unspecified atom stereocenters. The lowest BCUT2D eigenvalue weighted by Crippen LogP contribution is -2.20. The molecule has 0 aliphatic heterocycles. The van der Waals surface area contributed by atoms with E-state index in [-0.39, 0.29) is 12.5 Å². The van der Waals surface area contributed by atoms with Gasteiger partial charge in [-0.3, -0.25) is 4.79 Å². The molecule has 1 heterocycles. The summed E-state index contributed by atoms with van der Waals surface area (Å²) in [6.07, 6.45) is 1.36. The van der Waals surface area contributed by atoms with E-state index in [0.717, 1.165) is 11.1 Å². The second-order valence-electron chi connectivity index (χ2n) is 6.63. The Morgan fingerprint density at radius 1 is 1.14 bits per heavy atom. The normalized spacial score (nSPS) is 13.0. The Labute approximate surface area is 165 Å². The lowest BCUT2D eigenvalue weighted by molar-refractivity contribution is -0.114. The molecule has 2 aromatic rings. The number of carbonyl (C=O) groups is 1. The number of nitrogens with zero attached hydrogens (tertiary/aromatic N) is 1. The maximum atomic E-state index is 11.4. The molecule has 0 radical (unpaired) electrons. The van der Waals surface area contributed by atoms with Crippen LogP contribution >= 0.6 is 0 Å². The molecular formula is C21H28N2O5. The zero-order chi connectivity index (χ0) is 20.4. The van der Waals surface area contributed by atoms with Crippen molar-refractivity contribution in [3.63, 3.8) is 0 Å². The van der Waals surface area contributed by atoms with Crippen LogP contribution in [0.1, 0.15) is 30.9 Å². The summed E-state index contributed by atoms with van der Waals surface area (Å²) >= 11 is 0. The molecule has 0 bridgehead atoms. The van der Waals surface area contributed by atoms with Gasteiger partial charge in [0.1, 0.15) is 5.69 Å². The van der Waals surface area contributed by atoms with Gasteiger partial charge >= 0.3 is 0 Å². The quantitative estimate of drug-likeness (QED) is 0.546. The van der Waals surface area contributed by atoms with Crippen molar-refractivity contribution in [2.45, 2.75) is 45.0 Å². The molecule has 0 aliphatic carbocycles. The number of pyridine rings is 1. The van der Waals surface area contributed by atoms with Crippen LogP contribution in [-0.2, 0) is 22.6 Å². The molecule has 0 saturated carbocycles. The highest BCUT2D eigenvalue weighted by Crippen LogP contribution is 2.27. The number of nitrogens with one attached hydrogen (secondary N) is 1. The number of carbonyl (C=O) groups excluding carboxylic acids is 1. The van der Waals surface area contributed by atoms with Gasteiger partial charge in [-0.2, -0.15) is 0 Å². The number of hydrogen-bond donors (Lipinski definition) is 3. The van der Waals surface area contributed by atoms with Crippen LogP contribution in [0, 0.1) is 0 Å². The average molecular weight is 388 g/mol. The minimum atomic E-state index is -0.677. The fourth-order valence-corrected chi connectivity index (χ4v) is 2.83. The van der Waals surface area contributed by atoms with Crippen molar-refractivity contribution in [3.8, 4) is 5.88 Å². The Morgan fingerprint density at radius 3 is 2.54 bits per heavy atom. The maximum Gasteiger partial charge on any atom is 0.237 e. The number of amides is 1. The smallest absolute Gasteiger partial charge is 0.237 e. The molecule has 0 saturated heterocycles. The summed E-state index contributed by atoms with van der Waals surface area (Å²) in [6, 6.07) is 11.5. The number of hydrogen-bond acceptors (Lipinski definition) is 6. The number of ether oxygens (including phenoxy) is 2. The van der Waals surface area contributed by atoms with Gasteiger partial charge in [-0.25, -0.2) is 4.98 Å². The highest BCUT2D eigenvalue weighted by atomic mass is 16.5. The van der Waals surface area contributed by atoms with E-state index in [2.05, 4.69) is 10.3 Å². The van der Waals surface area contributed by atoms with Crippen LogP contribution in [0.4, 0.5) is 5.69 Å². The van der Waals surface area contributed by atoms with Crippen molar-refractivity contribution in [1.82, 2.24) is 4.98 Å². The Morgan fingerprint density at radius 2 is 1.86 bits per heavy atom. The van der Waals surface area contributed by atoms with Crippen LogP contribution in [-0.4, -0.2) is 47.0 Å². The molecule has 7 nitrogen and oxygen atoms in total. The number of rotatable bonds is 11. The van der Waals surface area contributed by atoms with Crippen molar-refractivity contribution in [2.75, 3.05) is 19.0 Å². The molecule has 2 atom stereocenters. The topological polar surface area (TPSA) is 101 Å². The maximum absolute atomic E-state index is 11.4. The summed E-state index contributed by atoms with van der Waals surface area (Å²) in [5.41, 5.74) is 2.24. The summed E-state index contributed by atoms with van der Waals surface area (Å²) in [5, 5.41) is 23.1. The van der Waals surface area contributed by atoms with Gasteiger partial charge in [-0.1, -0.05) is 30.3 Å². The standard InChI is InChI=1S/C21H28N2O5/c1-15(24)23-20-17(10-11-22-21(20)27-2)12-18(25)8-9-19(26)14-28-13-16-6-4-3-5-7-16/h3-7,10-11,18-19,25-26H,8-9,12-14H2,1-2H3,(H,23,24)/t18?,19-/m0/s1. The number of benzene rings is 1. The zero-order valence-corrected chi connectivity index (χ0v) is 16.3. The first kappa shape index (κ1) is 21.8. The Kier molecular flexibility index (Phi) is 8.87. The molecule has 0 aliphatic rings. The fourth-order valence-electron chi connectivity index (χ4n) is 2.83. The van der Waals surface area contributed by atoms with Gasteiger partial charge in [0.05, 0.1) is 32.5 Å². The van der Waals surface area contributed by atoms with Crippen LogP contribution in [0.2, 0.25) is 0 Å². The lowest BCUT2D eigenvalue weighted by Gasteiger charge is -2.17. The molecule has 28 heavy (non-hydrogen) atoms. The molecule has 2 rings (SSSR count). The van der Waals surface area contributed by atoms with E-state index < -0.39 is 12.2 Å². The first-order valence-electron chi connectivity index (χ1n) is 9.26. The van der Waals surface area contributed by atoms with Crippen molar-refractivity contribution in [2.24, 2.45) is 0 Å². The predicted octanol–water partition coefficient (Wildman–Crippen LogP) is 2.31. The van der Waals surface area contributed by atoms with Gasteiger partial charge in [0.25, 0.3) is 0 Å². The first-order valence-corrected chi connectivity index (χ1v) is 9.26. The molecule has 1 aromatic carbocycles. The fraction of sp³-hybridized carbons (Fsp3) is 0.429. The number of methoxy groups -OCH3 is 1. The third-order valence-corrected chi connectivity index (χ3v) is 4.21. The van der Waals surface area contributed by atoms with Crippen LogP contribution in [0.25, 0.3) is 0 Å². The van der Waals surface area contributed by atoms with Crippen molar-refractivity contribution >= 4 is 11.6 Å². The number of aliphatic hydroxyl groups excluding tert-OH is 2. The van der Waals surface area contributed by atoms with Crippen LogP contribution in [0.3, 0.4) is 0 Å². The number of aliphatic hydroxyl groups is 2. The SMILES string of the molecule is COc1nccc(CC(O)CC[C@H](O)COCc2ccccc2)c1NC(C)=O. The predicted molar refractivity (Wildman–Crippen MR) is 106 cm³/mol. The molecule has 1 amide bonds. The van der Waals surface area contributed by atoms with E-state index in [9.17, 15) is 15.0 Å². The summed E-state index contributed by atoms with van der Waals surface area (Å²) in [5.74, 6) is 0.0577. The summed E-state index contributed by atoms with van der Waals surface area (Å²) in [4.78, 5) is 15.5. The summed E-state index contributed by atoms with van der Waals surface area (Å²) < 4.78 is 10.7. The molecular weight excluding hydrogens is 360 g/mol. The minimum Gasteiger partial charge on any atom is -0.480 e. The van der Waals surface area contributed by atoms with E-state index in [1.54, 1.807) is 12.3 Å². The average Bonchev–Trinajstić information content (AvgIpc) is 2.68. The van der Waals surface area contributed by atoms with Gasteiger partial charge in [0.15, 0.2) is 0 Å². The first-order chi connectivity index (χ1) is 13.5. The van der Waals surface area contributed by atoms with Crippen molar-refractivity contribution < 1.29 is 24.5 Å². The Balaban J connectivity index is 1.80. The molecule has 0 fully saturated rings. The number of anilines is 1. The third kappa shape index (κ3) is 7.26. The van der Waals surface area contributed by atoms with E-state index in [0.29, 0.717) is 37.4 Å². The lowest BCUT2D eigenvalue weighted by atomic mass is 10.0. The van der Waals surface area contributed by atoms with E-state index >= 15 is 0 Å². The molecule has 0 spiro atoms. The molecule has 3 N–H and O–H groups in total. The van der Waals surface area contributed by atoms with E-state index in [1.165, 1.54) is 14.0 Å². The Bertz CT molecular complexity index is 739. The number of aromatic nitrogens is 1. The molecule has 152 valence electrons. The summed E-state index contributed by atoms with van der Waals surface area (Å²) in [7, 11) is 1.47. The van der Waals surface area contributed by atoms with Gasteiger partial charge < -0.3 is 25.0 Å². The van der Waals surface area contributed by atoms with Crippen LogP contribution in [0.5, 0.6) is 5.88 Å². The van der Waals surface area contributed by atoms with Gasteiger partial charge in [0, 0.05) is 19.5 Å². The largest absolute Gasteiger partial charge is 0.480 e. The molecule has 1 aromatic heterocycles. The van der Waals surface area contributed by atoms with Gasteiger partial charge in [0.2, 0.25) is 11.8 Å². The highest BCUT2D eigenvalue weighted by molar-refractivity contribution is 5.91. The van der Waals surface area contributed by atoms with Crippen LogP contribution in [0.15, 0.2) is 42.6 Å². The monoisotopic (exact) mass is 388 g/mol. The van der Waals surface area contributed by atoms with Crippen LogP contribution < -0.4 is 10.1 Å². The van der Waals surface area contributed by atoms with Crippen molar-refractivity contribution in [1.29, 1.82) is 0 Å².